The van der Waals surface area contributed by atoms with E-state index in [-0.39, 0.29) is 11.9 Å². The van der Waals surface area contributed by atoms with Gasteiger partial charge in [0.25, 0.3) is 0 Å². The van der Waals surface area contributed by atoms with Gasteiger partial charge in [0.1, 0.15) is 11.6 Å². The molecule has 0 saturated heterocycles. The van der Waals surface area contributed by atoms with Crippen molar-refractivity contribution >= 4 is 11.5 Å². The van der Waals surface area contributed by atoms with Crippen LogP contribution in [0.5, 0.6) is 0 Å². The molecule has 1 atom stereocenters. The van der Waals surface area contributed by atoms with Gasteiger partial charge in [-0.25, -0.2) is 9.37 Å². The predicted octanol–water partition coefficient (Wildman–Crippen LogP) is 3.50. The normalized spacial score (nSPS) is 12.2. The third kappa shape index (κ3) is 2.91. The topological polar surface area (TPSA) is 68.0 Å². The van der Waals surface area contributed by atoms with Crippen LogP contribution in [0, 0.1) is 5.82 Å². The lowest BCUT2D eigenvalue weighted by Gasteiger charge is -2.16. The Morgan fingerprint density at radius 1 is 1.12 bits per heavy atom. The van der Waals surface area contributed by atoms with Gasteiger partial charge < -0.3 is 5.32 Å². The van der Waals surface area contributed by atoms with Crippen molar-refractivity contribution in [3.05, 3.63) is 72.7 Å². The van der Waals surface area contributed by atoms with Crippen molar-refractivity contribution in [2.75, 3.05) is 5.32 Å². The van der Waals surface area contributed by atoms with Crippen molar-refractivity contribution in [3.63, 3.8) is 0 Å². The lowest BCUT2D eigenvalue weighted by Crippen LogP contribution is -2.12. The molecule has 1 aromatic carbocycles. The number of fused-ring (bicyclic) bond motifs is 1. The van der Waals surface area contributed by atoms with Gasteiger partial charge in [0.05, 0.1) is 29.8 Å². The number of hydrogen-bond acceptors (Lipinski definition) is 5. The van der Waals surface area contributed by atoms with Crippen LogP contribution in [0.15, 0.2) is 61.2 Å². The summed E-state index contributed by atoms with van der Waals surface area (Å²) in [6, 6.07) is 10.0. The molecule has 7 heteroatoms. The Balaban J connectivity index is 1.78. The molecule has 0 fully saturated rings. The number of halogens is 1. The molecule has 0 bridgehead atoms. The number of nitrogens with zero attached hydrogens (tertiary/aromatic N) is 5. The maximum Gasteiger partial charge on any atom is 0.157 e. The lowest BCUT2D eigenvalue weighted by atomic mass is 10.1. The summed E-state index contributed by atoms with van der Waals surface area (Å²) in [5, 5.41) is 7.64. The van der Waals surface area contributed by atoms with Crippen LogP contribution in [0.3, 0.4) is 0 Å². The van der Waals surface area contributed by atoms with Crippen LogP contribution in [-0.4, -0.2) is 24.6 Å². The van der Waals surface area contributed by atoms with Crippen LogP contribution in [0.4, 0.5) is 10.2 Å². The number of nitrogens with one attached hydrogen (secondary N) is 1. The minimum Gasteiger partial charge on any atom is -0.362 e. The first kappa shape index (κ1) is 15.2. The van der Waals surface area contributed by atoms with Gasteiger partial charge in [0.2, 0.25) is 0 Å². The van der Waals surface area contributed by atoms with Gasteiger partial charge in [-0.05, 0) is 19.1 Å². The molecule has 124 valence electrons. The van der Waals surface area contributed by atoms with Crippen molar-refractivity contribution in [1.82, 2.24) is 24.6 Å². The summed E-state index contributed by atoms with van der Waals surface area (Å²) in [5.74, 6) is 0.387. The second kappa shape index (κ2) is 6.27. The maximum absolute atomic E-state index is 14.2. The van der Waals surface area contributed by atoms with E-state index in [9.17, 15) is 4.39 Å². The van der Waals surface area contributed by atoms with Crippen LogP contribution in [0.2, 0.25) is 0 Å². The van der Waals surface area contributed by atoms with Gasteiger partial charge >= 0.3 is 0 Å². The highest BCUT2D eigenvalue weighted by Crippen LogP contribution is 2.26. The van der Waals surface area contributed by atoms with Gasteiger partial charge in [-0.1, -0.05) is 12.1 Å². The minimum atomic E-state index is -0.313. The minimum absolute atomic E-state index is 0.100. The SMILES string of the molecule is C[C@@H](Nc1cc(-c2ccccc2F)nc2ccnn12)c1cnccn1. The zero-order chi connectivity index (χ0) is 17.2. The highest BCUT2D eigenvalue weighted by Gasteiger charge is 2.14. The van der Waals surface area contributed by atoms with E-state index in [0.717, 1.165) is 5.69 Å². The Morgan fingerprint density at radius 3 is 2.80 bits per heavy atom. The van der Waals surface area contributed by atoms with E-state index in [1.54, 1.807) is 59.6 Å². The number of rotatable bonds is 4. The third-order valence-electron chi connectivity index (χ3n) is 3.90. The second-order valence-corrected chi connectivity index (χ2v) is 5.60. The summed E-state index contributed by atoms with van der Waals surface area (Å²) in [6.45, 7) is 1.97. The van der Waals surface area contributed by atoms with E-state index in [1.807, 2.05) is 6.92 Å². The molecule has 0 radical (unpaired) electrons. The van der Waals surface area contributed by atoms with E-state index in [2.05, 4.69) is 25.4 Å². The van der Waals surface area contributed by atoms with Crippen molar-refractivity contribution in [1.29, 1.82) is 0 Å². The van der Waals surface area contributed by atoms with Crippen molar-refractivity contribution < 1.29 is 4.39 Å². The van der Waals surface area contributed by atoms with Crippen LogP contribution >= 0.6 is 0 Å². The Bertz CT molecular complexity index is 1010. The molecule has 25 heavy (non-hydrogen) atoms. The number of aromatic nitrogens is 5. The zero-order valence-corrected chi connectivity index (χ0v) is 13.5. The first-order chi connectivity index (χ1) is 12.2. The first-order valence-corrected chi connectivity index (χ1v) is 7.84. The molecule has 0 unspecified atom stereocenters. The molecule has 0 aliphatic carbocycles. The summed E-state index contributed by atoms with van der Waals surface area (Å²) in [7, 11) is 0. The summed E-state index contributed by atoms with van der Waals surface area (Å²) in [6.07, 6.45) is 6.64. The molecule has 6 nitrogen and oxygen atoms in total. The number of anilines is 1. The fourth-order valence-electron chi connectivity index (χ4n) is 2.65. The molecule has 3 heterocycles. The lowest BCUT2D eigenvalue weighted by molar-refractivity contribution is 0.630. The maximum atomic E-state index is 14.2. The fraction of sp³-hybridized carbons (Fsp3) is 0.111. The molecule has 1 N–H and O–H groups in total. The van der Waals surface area contributed by atoms with Crippen LogP contribution in [0.1, 0.15) is 18.7 Å². The van der Waals surface area contributed by atoms with E-state index >= 15 is 0 Å². The molecule has 4 rings (SSSR count). The molecule has 0 amide bonds. The van der Waals surface area contributed by atoms with E-state index in [1.165, 1.54) is 6.07 Å². The fourth-order valence-corrected chi connectivity index (χ4v) is 2.65. The van der Waals surface area contributed by atoms with Gasteiger partial charge in [0, 0.05) is 30.1 Å². The molecule has 0 spiro atoms. The van der Waals surface area contributed by atoms with Gasteiger partial charge in [-0.2, -0.15) is 9.61 Å². The Hall–Kier alpha value is -3.35. The summed E-state index contributed by atoms with van der Waals surface area (Å²) >= 11 is 0. The quantitative estimate of drug-likeness (QED) is 0.619. The van der Waals surface area contributed by atoms with Crippen LogP contribution in [0.25, 0.3) is 16.9 Å². The largest absolute Gasteiger partial charge is 0.362 e. The van der Waals surface area contributed by atoms with Crippen molar-refractivity contribution in [3.8, 4) is 11.3 Å². The molecule has 0 saturated carbocycles. The smallest absolute Gasteiger partial charge is 0.157 e. The van der Waals surface area contributed by atoms with E-state index < -0.39 is 0 Å². The molecule has 4 aromatic rings. The second-order valence-electron chi connectivity index (χ2n) is 5.60. The first-order valence-electron chi connectivity index (χ1n) is 7.84. The average Bonchev–Trinajstić information content (AvgIpc) is 3.11. The van der Waals surface area contributed by atoms with Gasteiger partial charge in [-0.15, -0.1) is 0 Å². The highest BCUT2D eigenvalue weighted by atomic mass is 19.1. The zero-order valence-electron chi connectivity index (χ0n) is 13.5. The number of hydrogen-bond donors (Lipinski definition) is 1. The Labute approximate surface area is 143 Å². The number of benzene rings is 1. The molecule has 0 aliphatic rings. The molecular weight excluding hydrogens is 319 g/mol. The average molecular weight is 334 g/mol. The highest BCUT2D eigenvalue weighted by molar-refractivity contribution is 5.67. The Kier molecular flexibility index (Phi) is 3.81. The third-order valence-corrected chi connectivity index (χ3v) is 3.90. The van der Waals surface area contributed by atoms with Crippen LogP contribution in [-0.2, 0) is 0 Å². The summed E-state index contributed by atoms with van der Waals surface area (Å²) in [4.78, 5) is 12.9. The van der Waals surface area contributed by atoms with Gasteiger partial charge in [-0.3, -0.25) is 9.97 Å². The van der Waals surface area contributed by atoms with E-state index in [4.69, 9.17) is 0 Å². The molecule has 3 aromatic heterocycles. The monoisotopic (exact) mass is 334 g/mol. The summed E-state index contributed by atoms with van der Waals surface area (Å²) < 4.78 is 15.8. The van der Waals surface area contributed by atoms with Crippen molar-refractivity contribution in [2.45, 2.75) is 13.0 Å². The van der Waals surface area contributed by atoms with E-state index in [0.29, 0.717) is 22.7 Å². The Morgan fingerprint density at radius 2 is 2.00 bits per heavy atom. The standard InChI is InChI=1S/C18H15FN6/c1-12(16-11-20-8-9-21-16)23-18-10-15(13-4-2-3-5-14(13)19)24-17-6-7-22-25(17)18/h2-12,23H,1H3/t12-/m1/s1. The predicted molar refractivity (Wildman–Crippen MR) is 92.5 cm³/mol. The van der Waals surface area contributed by atoms with Crippen molar-refractivity contribution in [2.24, 2.45) is 0 Å². The molecule has 0 aliphatic heterocycles. The van der Waals surface area contributed by atoms with Gasteiger partial charge in [0.15, 0.2) is 5.65 Å². The molecular formula is C18H15FN6. The summed E-state index contributed by atoms with van der Waals surface area (Å²) in [5.41, 5.74) is 2.42. The van der Waals surface area contributed by atoms with Crippen LogP contribution < -0.4 is 5.32 Å².